The third-order valence-corrected chi connectivity index (χ3v) is 3.96. The maximum absolute atomic E-state index is 6.04. The Morgan fingerprint density at radius 2 is 1.46 bits per heavy atom. The molecule has 0 heterocycles. The number of hydrogen-bond acceptors (Lipinski definition) is 3. The highest BCUT2D eigenvalue weighted by molar-refractivity contribution is 5.41. The van der Waals surface area contributed by atoms with E-state index in [1.165, 1.54) is 11.1 Å². The van der Waals surface area contributed by atoms with E-state index in [0.717, 1.165) is 30.2 Å². The number of benzene rings is 2. The number of nitrogens with one attached hydrogen (secondary N) is 1. The van der Waals surface area contributed by atoms with Gasteiger partial charge in [-0.15, -0.1) is 0 Å². The lowest BCUT2D eigenvalue weighted by Crippen LogP contribution is -2.15. The van der Waals surface area contributed by atoms with Crippen LogP contribution in [-0.2, 0) is 13.1 Å². The summed E-state index contributed by atoms with van der Waals surface area (Å²) in [5.74, 6) is 2.78. The Hall–Kier alpha value is -2.00. The van der Waals surface area contributed by atoms with Crippen LogP contribution in [0, 0.1) is 18.8 Å². The van der Waals surface area contributed by atoms with E-state index in [1.807, 2.05) is 12.1 Å². The van der Waals surface area contributed by atoms with Crippen molar-refractivity contribution in [1.29, 1.82) is 0 Å². The molecule has 0 aromatic heterocycles. The molecule has 0 unspecified atom stereocenters. The zero-order chi connectivity index (χ0) is 18.9. The summed E-state index contributed by atoms with van der Waals surface area (Å²) in [6.45, 7) is 13.8. The van der Waals surface area contributed by atoms with Gasteiger partial charge < -0.3 is 14.8 Å². The first-order valence-corrected chi connectivity index (χ1v) is 9.59. The maximum Gasteiger partial charge on any atom is 0.127 e. The van der Waals surface area contributed by atoms with Crippen LogP contribution in [0.2, 0.25) is 0 Å². The second-order valence-corrected chi connectivity index (χ2v) is 7.77. The molecule has 26 heavy (non-hydrogen) atoms. The lowest BCUT2D eigenvalue weighted by molar-refractivity contribution is 0.256. The van der Waals surface area contributed by atoms with Crippen molar-refractivity contribution in [2.75, 3.05) is 13.2 Å². The summed E-state index contributed by atoms with van der Waals surface area (Å²) in [6, 6.07) is 14.8. The highest BCUT2D eigenvalue weighted by atomic mass is 16.5. The summed E-state index contributed by atoms with van der Waals surface area (Å²) in [5, 5.41) is 3.51. The largest absolute Gasteiger partial charge is 0.493 e. The molecular formula is C23H33NO2. The molecule has 142 valence electrons. The van der Waals surface area contributed by atoms with Crippen LogP contribution in [0.25, 0.3) is 0 Å². The molecule has 3 nitrogen and oxygen atoms in total. The first-order chi connectivity index (χ1) is 12.4. The minimum atomic E-state index is 0.489. The fourth-order valence-corrected chi connectivity index (χ4v) is 2.47. The zero-order valence-corrected chi connectivity index (χ0v) is 16.8. The van der Waals surface area contributed by atoms with Crippen LogP contribution in [0.15, 0.2) is 42.5 Å². The zero-order valence-electron chi connectivity index (χ0n) is 16.8. The molecule has 0 atom stereocenters. The first kappa shape index (κ1) is 20.3. The van der Waals surface area contributed by atoms with Gasteiger partial charge in [0.15, 0.2) is 0 Å². The quantitative estimate of drug-likeness (QED) is 0.623. The van der Waals surface area contributed by atoms with Crippen molar-refractivity contribution in [3.05, 3.63) is 59.2 Å². The molecule has 0 fully saturated rings. The van der Waals surface area contributed by atoms with Crippen LogP contribution in [0.1, 0.15) is 44.4 Å². The van der Waals surface area contributed by atoms with Gasteiger partial charge in [-0.05, 0) is 30.4 Å². The van der Waals surface area contributed by atoms with Crippen molar-refractivity contribution in [3.63, 3.8) is 0 Å². The molecule has 0 amide bonds. The average Bonchev–Trinajstić information content (AvgIpc) is 2.61. The number of aryl methyl sites for hydroxylation is 1. The molecule has 0 radical (unpaired) electrons. The van der Waals surface area contributed by atoms with E-state index in [4.69, 9.17) is 9.47 Å². The van der Waals surface area contributed by atoms with Gasteiger partial charge in [-0.25, -0.2) is 0 Å². The molecule has 0 aliphatic rings. The summed E-state index contributed by atoms with van der Waals surface area (Å²) in [4.78, 5) is 0. The van der Waals surface area contributed by atoms with Crippen molar-refractivity contribution in [2.24, 2.45) is 11.8 Å². The fourth-order valence-electron chi connectivity index (χ4n) is 2.47. The fraction of sp³-hybridized carbons (Fsp3) is 0.478. The Labute approximate surface area is 158 Å². The number of hydrogen-bond donors (Lipinski definition) is 1. The molecule has 2 aromatic rings. The summed E-state index contributed by atoms with van der Waals surface area (Å²) in [7, 11) is 0. The highest BCUT2D eigenvalue weighted by Gasteiger charge is 2.08. The third-order valence-electron chi connectivity index (χ3n) is 3.96. The van der Waals surface area contributed by atoms with E-state index in [-0.39, 0.29) is 0 Å². The van der Waals surface area contributed by atoms with Gasteiger partial charge in [0.25, 0.3) is 0 Å². The van der Waals surface area contributed by atoms with Gasteiger partial charge in [-0.2, -0.15) is 0 Å². The van der Waals surface area contributed by atoms with Crippen molar-refractivity contribution in [2.45, 2.75) is 47.7 Å². The van der Waals surface area contributed by atoms with E-state index in [2.05, 4.69) is 70.3 Å². The Morgan fingerprint density at radius 1 is 0.808 bits per heavy atom. The van der Waals surface area contributed by atoms with Gasteiger partial charge >= 0.3 is 0 Å². The Bertz CT molecular complexity index is 662. The van der Waals surface area contributed by atoms with Gasteiger partial charge in [0, 0.05) is 24.7 Å². The Morgan fingerprint density at radius 3 is 2.12 bits per heavy atom. The molecule has 2 rings (SSSR count). The SMILES string of the molecule is Cc1ccc(CNCc2ccc(OCC(C)C)cc2OCC(C)C)cc1. The molecule has 0 bridgehead atoms. The summed E-state index contributed by atoms with van der Waals surface area (Å²) in [5.41, 5.74) is 3.74. The van der Waals surface area contributed by atoms with Gasteiger partial charge in [-0.3, -0.25) is 0 Å². The van der Waals surface area contributed by atoms with E-state index in [9.17, 15) is 0 Å². The molecule has 0 saturated heterocycles. The summed E-state index contributed by atoms with van der Waals surface area (Å²) >= 11 is 0. The van der Waals surface area contributed by atoms with Crippen molar-refractivity contribution in [3.8, 4) is 11.5 Å². The van der Waals surface area contributed by atoms with Crippen molar-refractivity contribution < 1.29 is 9.47 Å². The smallest absolute Gasteiger partial charge is 0.127 e. The number of rotatable bonds is 10. The van der Waals surface area contributed by atoms with Crippen LogP contribution in [0.3, 0.4) is 0 Å². The van der Waals surface area contributed by atoms with Crippen LogP contribution < -0.4 is 14.8 Å². The van der Waals surface area contributed by atoms with Gasteiger partial charge in [0.2, 0.25) is 0 Å². The molecule has 1 N–H and O–H groups in total. The summed E-state index contributed by atoms with van der Waals surface area (Å²) in [6.07, 6.45) is 0. The topological polar surface area (TPSA) is 30.5 Å². The second-order valence-electron chi connectivity index (χ2n) is 7.77. The molecule has 0 aliphatic heterocycles. The van der Waals surface area contributed by atoms with Gasteiger partial charge in [-0.1, -0.05) is 63.6 Å². The highest BCUT2D eigenvalue weighted by Crippen LogP contribution is 2.26. The van der Waals surface area contributed by atoms with Crippen molar-refractivity contribution >= 4 is 0 Å². The minimum Gasteiger partial charge on any atom is -0.493 e. The summed E-state index contributed by atoms with van der Waals surface area (Å²) < 4.78 is 11.9. The lowest BCUT2D eigenvalue weighted by Gasteiger charge is -2.16. The molecule has 3 heteroatoms. The first-order valence-electron chi connectivity index (χ1n) is 9.59. The van der Waals surface area contributed by atoms with E-state index in [0.29, 0.717) is 25.0 Å². The second kappa shape index (κ2) is 10.2. The molecule has 2 aromatic carbocycles. The Kier molecular flexibility index (Phi) is 7.99. The minimum absolute atomic E-state index is 0.489. The lowest BCUT2D eigenvalue weighted by atomic mass is 10.1. The monoisotopic (exact) mass is 355 g/mol. The van der Waals surface area contributed by atoms with Gasteiger partial charge in [0.1, 0.15) is 11.5 Å². The molecular weight excluding hydrogens is 322 g/mol. The maximum atomic E-state index is 6.04. The molecule has 0 spiro atoms. The van der Waals surface area contributed by atoms with E-state index in [1.54, 1.807) is 0 Å². The molecule has 0 saturated carbocycles. The third kappa shape index (κ3) is 7.09. The number of ether oxygens (including phenoxy) is 2. The van der Waals surface area contributed by atoms with Crippen molar-refractivity contribution in [1.82, 2.24) is 5.32 Å². The predicted molar refractivity (Wildman–Crippen MR) is 109 cm³/mol. The van der Waals surface area contributed by atoms with E-state index < -0.39 is 0 Å². The standard InChI is InChI=1S/C23H33NO2/c1-17(2)15-25-22-11-10-21(23(12-22)26-16-18(3)4)14-24-13-20-8-6-19(5)7-9-20/h6-12,17-18,24H,13-16H2,1-5H3. The van der Waals surface area contributed by atoms with E-state index >= 15 is 0 Å². The Balaban J connectivity index is 2.00. The normalized spacial score (nSPS) is 11.2. The van der Waals surface area contributed by atoms with Crippen LogP contribution in [-0.4, -0.2) is 13.2 Å². The van der Waals surface area contributed by atoms with Crippen LogP contribution in [0.5, 0.6) is 11.5 Å². The van der Waals surface area contributed by atoms with Gasteiger partial charge in [0.05, 0.1) is 13.2 Å². The predicted octanol–water partition coefficient (Wildman–Crippen LogP) is 5.35. The molecule has 0 aliphatic carbocycles. The van der Waals surface area contributed by atoms with Crippen LogP contribution >= 0.6 is 0 Å². The van der Waals surface area contributed by atoms with Crippen LogP contribution in [0.4, 0.5) is 0 Å². The average molecular weight is 356 g/mol.